The van der Waals surface area contributed by atoms with Gasteiger partial charge < -0.3 is 14.9 Å². The molecule has 1 amide bonds. The molecule has 1 aliphatic carbocycles. The van der Waals surface area contributed by atoms with Crippen molar-refractivity contribution in [2.45, 2.75) is 49.1 Å². The molecular weight excluding hydrogens is 478 g/mol. The zero-order valence-corrected chi connectivity index (χ0v) is 18.1. The molecule has 1 unspecified atom stereocenters. The summed E-state index contributed by atoms with van der Waals surface area (Å²) in [6.07, 6.45) is -9.77. The van der Waals surface area contributed by atoms with Crippen LogP contribution in [0.15, 0.2) is 65.3 Å². The van der Waals surface area contributed by atoms with Gasteiger partial charge in [0, 0.05) is 23.7 Å². The molecule has 4 rings (SSSR count). The van der Waals surface area contributed by atoms with Crippen molar-refractivity contribution in [3.05, 3.63) is 71.9 Å². The van der Waals surface area contributed by atoms with Crippen molar-refractivity contribution in [2.75, 3.05) is 5.32 Å². The van der Waals surface area contributed by atoms with Crippen LogP contribution in [0, 0.1) is 0 Å². The van der Waals surface area contributed by atoms with E-state index in [0.717, 1.165) is 18.2 Å². The number of hydrogen-bond acceptors (Lipinski definition) is 4. The van der Waals surface area contributed by atoms with Crippen LogP contribution in [0.25, 0.3) is 11.3 Å². The first-order valence-corrected chi connectivity index (χ1v) is 10.6. The summed E-state index contributed by atoms with van der Waals surface area (Å²) in [5.41, 5.74) is -6.51. The van der Waals surface area contributed by atoms with Crippen molar-refractivity contribution in [1.29, 1.82) is 0 Å². The second-order valence-electron chi connectivity index (χ2n) is 8.62. The van der Waals surface area contributed by atoms with Gasteiger partial charge in [-0.1, -0.05) is 29.8 Å². The van der Waals surface area contributed by atoms with Gasteiger partial charge in [0.15, 0.2) is 5.76 Å². The van der Waals surface area contributed by atoms with E-state index < -0.39 is 41.3 Å². The Morgan fingerprint density at radius 3 is 2.17 bits per heavy atom. The zero-order valence-electron chi connectivity index (χ0n) is 18.1. The molecule has 1 aliphatic rings. The van der Waals surface area contributed by atoms with E-state index >= 15 is 0 Å². The normalized spacial score (nSPS) is 17.3. The molecule has 2 aromatic carbocycles. The minimum absolute atomic E-state index is 0.0301. The molecule has 186 valence electrons. The van der Waals surface area contributed by atoms with Crippen LogP contribution in [-0.2, 0) is 16.4 Å². The van der Waals surface area contributed by atoms with Crippen LogP contribution in [0.5, 0.6) is 0 Å². The van der Waals surface area contributed by atoms with Crippen LogP contribution in [0.2, 0.25) is 0 Å². The standard InChI is InChI=1S/C24H20F6N2O3/c25-23(26,27)18-5-2-1-4-17(18)21(11-3-12-21)14-22(34,24(28,29)30)20(33)32-16-8-6-15(7-9-16)19-10-13-31-35-19/h1-2,4-10,13,34H,3,11-12,14H2,(H,32,33). The van der Waals surface area contributed by atoms with Crippen LogP contribution in [0.4, 0.5) is 32.0 Å². The van der Waals surface area contributed by atoms with E-state index in [1.807, 2.05) is 0 Å². The highest BCUT2D eigenvalue weighted by Crippen LogP contribution is 2.54. The Bertz CT molecular complexity index is 1190. The molecule has 2 N–H and O–H groups in total. The van der Waals surface area contributed by atoms with Crippen molar-refractivity contribution in [3.8, 4) is 11.3 Å². The largest absolute Gasteiger partial charge is 0.426 e. The van der Waals surface area contributed by atoms with Gasteiger partial charge in [-0.25, -0.2) is 0 Å². The van der Waals surface area contributed by atoms with Crippen LogP contribution in [-0.4, -0.2) is 27.9 Å². The number of rotatable bonds is 6. The van der Waals surface area contributed by atoms with Crippen molar-refractivity contribution in [1.82, 2.24) is 5.16 Å². The van der Waals surface area contributed by atoms with Gasteiger partial charge in [0.2, 0.25) is 5.60 Å². The average molecular weight is 498 g/mol. The van der Waals surface area contributed by atoms with Crippen LogP contribution < -0.4 is 5.32 Å². The molecule has 35 heavy (non-hydrogen) atoms. The van der Waals surface area contributed by atoms with Crippen molar-refractivity contribution in [2.24, 2.45) is 0 Å². The van der Waals surface area contributed by atoms with E-state index in [1.54, 1.807) is 6.07 Å². The van der Waals surface area contributed by atoms with Crippen LogP contribution in [0.1, 0.15) is 36.8 Å². The Morgan fingerprint density at radius 1 is 1.00 bits per heavy atom. The minimum atomic E-state index is -5.44. The van der Waals surface area contributed by atoms with E-state index in [-0.39, 0.29) is 24.1 Å². The number of anilines is 1. The number of benzene rings is 2. The Morgan fingerprint density at radius 2 is 1.66 bits per heavy atom. The number of nitrogens with one attached hydrogen (secondary N) is 1. The Hall–Kier alpha value is -3.34. The third-order valence-electron chi connectivity index (χ3n) is 6.42. The second kappa shape index (κ2) is 8.71. The highest BCUT2D eigenvalue weighted by atomic mass is 19.4. The van der Waals surface area contributed by atoms with Crippen molar-refractivity contribution in [3.63, 3.8) is 0 Å². The lowest BCUT2D eigenvalue weighted by molar-refractivity contribution is -0.257. The molecule has 0 spiro atoms. The first-order chi connectivity index (χ1) is 16.4. The molecule has 1 fully saturated rings. The maximum absolute atomic E-state index is 14.1. The summed E-state index contributed by atoms with van der Waals surface area (Å²) in [6.45, 7) is 0. The molecule has 1 heterocycles. The first-order valence-electron chi connectivity index (χ1n) is 10.6. The van der Waals surface area contributed by atoms with E-state index in [1.165, 1.54) is 36.5 Å². The number of carbonyl (C=O) groups is 1. The van der Waals surface area contributed by atoms with E-state index in [4.69, 9.17) is 4.52 Å². The number of nitrogens with zero attached hydrogens (tertiary/aromatic N) is 1. The third-order valence-corrected chi connectivity index (χ3v) is 6.42. The molecule has 0 bridgehead atoms. The van der Waals surface area contributed by atoms with Gasteiger partial charge >= 0.3 is 12.4 Å². The predicted octanol–water partition coefficient (Wildman–Crippen LogP) is 6.10. The number of carbonyl (C=O) groups excluding carboxylic acids is 1. The molecule has 0 radical (unpaired) electrons. The lowest BCUT2D eigenvalue weighted by atomic mass is 9.58. The van der Waals surface area contributed by atoms with E-state index in [9.17, 15) is 36.2 Å². The van der Waals surface area contributed by atoms with E-state index in [0.29, 0.717) is 17.7 Å². The van der Waals surface area contributed by atoms with Crippen molar-refractivity contribution >= 4 is 11.6 Å². The number of aliphatic hydroxyl groups is 1. The maximum Gasteiger partial charge on any atom is 0.426 e. The van der Waals surface area contributed by atoms with Gasteiger partial charge in [-0.3, -0.25) is 4.79 Å². The lowest BCUT2D eigenvalue weighted by Crippen LogP contribution is -2.59. The Balaban J connectivity index is 1.64. The van der Waals surface area contributed by atoms with Gasteiger partial charge in [-0.2, -0.15) is 26.3 Å². The van der Waals surface area contributed by atoms with Crippen LogP contribution >= 0.6 is 0 Å². The number of amides is 1. The molecule has 1 aromatic heterocycles. The predicted molar refractivity (Wildman–Crippen MR) is 113 cm³/mol. The summed E-state index contributed by atoms with van der Waals surface area (Å²) >= 11 is 0. The van der Waals surface area contributed by atoms with Crippen molar-refractivity contribution < 1.29 is 40.8 Å². The SMILES string of the molecule is O=C(Nc1ccc(-c2ccno2)cc1)C(O)(CC1(c2ccccc2C(F)(F)F)CCC1)C(F)(F)F. The Labute approximate surface area is 195 Å². The molecule has 0 saturated heterocycles. The van der Waals surface area contributed by atoms with Crippen LogP contribution in [0.3, 0.4) is 0 Å². The number of halogens is 6. The fraction of sp³-hybridized carbons (Fsp3) is 0.333. The minimum Gasteiger partial charge on any atom is -0.373 e. The number of hydrogen-bond donors (Lipinski definition) is 2. The maximum atomic E-state index is 14.1. The topological polar surface area (TPSA) is 75.4 Å². The summed E-state index contributed by atoms with van der Waals surface area (Å²) in [7, 11) is 0. The fourth-order valence-electron chi connectivity index (χ4n) is 4.45. The second-order valence-corrected chi connectivity index (χ2v) is 8.62. The molecule has 3 aromatic rings. The molecule has 11 heteroatoms. The molecular formula is C24H20F6N2O3. The highest BCUT2D eigenvalue weighted by Gasteiger charge is 2.64. The quantitative estimate of drug-likeness (QED) is 0.403. The van der Waals surface area contributed by atoms with Gasteiger partial charge in [-0.15, -0.1) is 0 Å². The summed E-state index contributed by atoms with van der Waals surface area (Å²) < 4.78 is 88.1. The summed E-state index contributed by atoms with van der Waals surface area (Å²) in [5.74, 6) is -1.38. The zero-order chi connectivity index (χ0) is 25.5. The van der Waals surface area contributed by atoms with Gasteiger partial charge in [0.25, 0.3) is 5.91 Å². The number of alkyl halides is 6. The summed E-state index contributed by atoms with van der Waals surface area (Å²) in [4.78, 5) is 12.8. The van der Waals surface area contributed by atoms with Gasteiger partial charge in [0.05, 0.1) is 11.8 Å². The summed E-state index contributed by atoms with van der Waals surface area (Å²) in [6, 6.07) is 11.5. The molecule has 1 saturated carbocycles. The smallest absolute Gasteiger partial charge is 0.373 e. The molecule has 0 aliphatic heterocycles. The summed E-state index contributed by atoms with van der Waals surface area (Å²) in [5, 5.41) is 16.3. The fourth-order valence-corrected chi connectivity index (χ4v) is 4.45. The van der Waals surface area contributed by atoms with Gasteiger partial charge in [0.1, 0.15) is 0 Å². The number of aromatic nitrogens is 1. The molecule has 5 nitrogen and oxygen atoms in total. The monoisotopic (exact) mass is 498 g/mol. The highest BCUT2D eigenvalue weighted by molar-refractivity contribution is 5.98. The lowest BCUT2D eigenvalue weighted by Gasteiger charge is -2.47. The third kappa shape index (κ3) is 4.64. The molecule has 1 atom stereocenters. The first kappa shape index (κ1) is 24.8. The van der Waals surface area contributed by atoms with Gasteiger partial charge in [-0.05, 0) is 54.2 Å². The Kier molecular flexibility index (Phi) is 6.16. The average Bonchev–Trinajstić information content (AvgIpc) is 3.30. The van der Waals surface area contributed by atoms with E-state index in [2.05, 4.69) is 10.5 Å².